The van der Waals surface area contributed by atoms with Gasteiger partial charge in [-0.25, -0.2) is 4.99 Å². The van der Waals surface area contributed by atoms with E-state index in [1.807, 2.05) is 18.5 Å². The van der Waals surface area contributed by atoms with Crippen molar-refractivity contribution in [2.24, 2.45) is 18.0 Å². The molecular weight excluding hydrogens is 509 g/mol. The molecule has 0 amide bonds. The number of guanidine groups is 1. The van der Waals surface area contributed by atoms with Crippen molar-refractivity contribution in [3.05, 3.63) is 34.0 Å². The van der Waals surface area contributed by atoms with Crippen LogP contribution in [0.1, 0.15) is 43.2 Å². The lowest BCUT2D eigenvalue weighted by atomic mass is 10.1. The minimum absolute atomic E-state index is 0. The summed E-state index contributed by atoms with van der Waals surface area (Å²) in [5.41, 5.74) is 0. The van der Waals surface area contributed by atoms with Crippen molar-refractivity contribution in [2.75, 3.05) is 26.2 Å². The van der Waals surface area contributed by atoms with Crippen LogP contribution in [0.5, 0.6) is 0 Å². The van der Waals surface area contributed by atoms with E-state index in [9.17, 15) is 0 Å². The minimum Gasteiger partial charge on any atom is -0.356 e. The predicted molar refractivity (Wildman–Crippen MR) is 136 cm³/mol. The second-order valence-electron chi connectivity index (χ2n) is 8.21. The monoisotopic (exact) mass is 545 g/mol. The molecule has 2 aromatic heterocycles. The largest absolute Gasteiger partial charge is 0.356 e. The number of aliphatic imine (C=N–C) groups is 1. The van der Waals surface area contributed by atoms with E-state index >= 15 is 0 Å². The summed E-state index contributed by atoms with van der Waals surface area (Å²) in [6.45, 7) is 11.2. The zero-order valence-electron chi connectivity index (χ0n) is 18.6. The van der Waals surface area contributed by atoms with Gasteiger partial charge in [-0.3, -0.25) is 4.90 Å². The number of hydrogen-bond donors (Lipinski definition) is 2. The summed E-state index contributed by atoms with van der Waals surface area (Å²) in [5, 5.41) is 17.6. The van der Waals surface area contributed by atoms with Crippen LogP contribution in [0.2, 0.25) is 0 Å². The Morgan fingerprint density at radius 2 is 2.17 bits per heavy atom. The number of nitrogens with zero attached hydrogens (tertiary/aromatic N) is 5. The van der Waals surface area contributed by atoms with Crippen LogP contribution in [-0.2, 0) is 20.0 Å². The molecule has 0 spiro atoms. The molecule has 0 unspecified atom stereocenters. The van der Waals surface area contributed by atoms with Gasteiger partial charge in [0.25, 0.3) is 0 Å². The fraction of sp³-hybridized carbons (Fsp3) is 0.667. The van der Waals surface area contributed by atoms with Gasteiger partial charge in [-0.1, -0.05) is 19.9 Å². The van der Waals surface area contributed by atoms with Crippen LogP contribution in [0.3, 0.4) is 0 Å². The van der Waals surface area contributed by atoms with Crippen molar-refractivity contribution >= 4 is 41.3 Å². The first-order valence-corrected chi connectivity index (χ1v) is 11.5. The van der Waals surface area contributed by atoms with Gasteiger partial charge in [0.05, 0.1) is 0 Å². The fourth-order valence-electron chi connectivity index (χ4n) is 3.72. The molecule has 3 heterocycles. The molecule has 1 fully saturated rings. The summed E-state index contributed by atoms with van der Waals surface area (Å²) in [6, 6.07) is 4.87. The summed E-state index contributed by atoms with van der Waals surface area (Å²) in [7, 11) is 1.99. The molecular formula is C21H36IN7S. The fourth-order valence-corrected chi connectivity index (χ4v) is 4.43. The molecule has 2 N–H and O–H groups in total. The number of halogens is 1. The summed E-state index contributed by atoms with van der Waals surface area (Å²) in [4.78, 5) is 8.80. The Balaban J connectivity index is 0.00000320. The molecule has 2 aromatic rings. The van der Waals surface area contributed by atoms with Crippen molar-refractivity contribution in [2.45, 2.75) is 52.6 Å². The Hall–Kier alpha value is -1.20. The third-order valence-electron chi connectivity index (χ3n) is 5.41. The number of thiophene rings is 1. The lowest BCUT2D eigenvalue weighted by Crippen LogP contribution is -2.46. The maximum Gasteiger partial charge on any atom is 0.191 e. The SMILES string of the molecule is Cc1nnc(CN=C(NCCc2cccs2)NC[C@H]2CCCN2CC(C)C)n1C.I. The molecule has 0 radical (unpaired) electrons. The summed E-state index contributed by atoms with van der Waals surface area (Å²) >= 11 is 1.80. The Labute approximate surface area is 201 Å². The van der Waals surface area contributed by atoms with Crippen LogP contribution in [0.25, 0.3) is 0 Å². The standard InChI is InChI=1S/C21H35N7S.HI/c1-16(2)15-28-11-5-7-18(28)13-23-21(22-10-9-19-8-6-12-29-19)24-14-20-26-25-17(3)27(20)4;/h6,8,12,16,18H,5,7,9-11,13-15H2,1-4H3,(H2,22,23,24);1H/t18-;/m1./s1. The third kappa shape index (κ3) is 7.49. The number of rotatable bonds is 9. The second kappa shape index (κ2) is 12.6. The van der Waals surface area contributed by atoms with E-state index in [4.69, 9.17) is 4.99 Å². The van der Waals surface area contributed by atoms with Gasteiger partial charge in [-0.05, 0) is 50.1 Å². The minimum atomic E-state index is 0. The molecule has 1 aliphatic heterocycles. The lowest BCUT2D eigenvalue weighted by molar-refractivity contribution is 0.226. The van der Waals surface area contributed by atoms with Gasteiger partial charge in [-0.2, -0.15) is 0 Å². The zero-order valence-corrected chi connectivity index (χ0v) is 21.7. The van der Waals surface area contributed by atoms with Gasteiger partial charge in [0.1, 0.15) is 12.4 Å². The molecule has 1 atom stereocenters. The molecule has 0 bridgehead atoms. The molecule has 30 heavy (non-hydrogen) atoms. The van der Waals surface area contributed by atoms with Crippen molar-refractivity contribution in [3.63, 3.8) is 0 Å². The van der Waals surface area contributed by atoms with Gasteiger partial charge in [-0.15, -0.1) is 45.5 Å². The summed E-state index contributed by atoms with van der Waals surface area (Å²) in [6.07, 6.45) is 3.55. The van der Waals surface area contributed by atoms with E-state index in [0.717, 1.165) is 37.1 Å². The highest BCUT2D eigenvalue weighted by Crippen LogP contribution is 2.18. The maximum atomic E-state index is 4.79. The van der Waals surface area contributed by atoms with Gasteiger partial charge < -0.3 is 15.2 Å². The highest BCUT2D eigenvalue weighted by molar-refractivity contribution is 14.0. The summed E-state index contributed by atoms with van der Waals surface area (Å²) in [5.74, 6) is 3.35. The van der Waals surface area contributed by atoms with Crippen LogP contribution in [0.15, 0.2) is 22.5 Å². The van der Waals surface area contributed by atoms with Crippen LogP contribution in [-0.4, -0.2) is 57.8 Å². The molecule has 3 rings (SSSR count). The van der Waals surface area contributed by atoms with Crippen LogP contribution in [0, 0.1) is 12.8 Å². The Kier molecular flexibility index (Phi) is 10.5. The number of aryl methyl sites for hydroxylation is 1. The van der Waals surface area contributed by atoms with E-state index in [0.29, 0.717) is 18.5 Å². The number of aromatic nitrogens is 3. The zero-order chi connectivity index (χ0) is 20.6. The van der Waals surface area contributed by atoms with Crippen molar-refractivity contribution in [1.82, 2.24) is 30.3 Å². The van der Waals surface area contributed by atoms with E-state index in [1.54, 1.807) is 11.3 Å². The van der Waals surface area contributed by atoms with E-state index in [-0.39, 0.29) is 24.0 Å². The van der Waals surface area contributed by atoms with Crippen molar-refractivity contribution < 1.29 is 0 Å². The molecule has 7 nitrogen and oxygen atoms in total. The average Bonchev–Trinajstić information content (AvgIpc) is 3.42. The predicted octanol–water partition coefficient (Wildman–Crippen LogP) is 3.20. The quantitative estimate of drug-likeness (QED) is 0.288. The van der Waals surface area contributed by atoms with Gasteiger partial charge in [0.15, 0.2) is 11.8 Å². The van der Waals surface area contributed by atoms with Crippen molar-refractivity contribution in [3.8, 4) is 0 Å². The van der Waals surface area contributed by atoms with Gasteiger partial charge in [0.2, 0.25) is 0 Å². The molecule has 0 saturated carbocycles. The third-order valence-corrected chi connectivity index (χ3v) is 6.35. The lowest BCUT2D eigenvalue weighted by Gasteiger charge is -2.27. The smallest absolute Gasteiger partial charge is 0.191 e. The van der Waals surface area contributed by atoms with Gasteiger partial charge >= 0.3 is 0 Å². The first-order chi connectivity index (χ1) is 14.0. The number of nitrogens with one attached hydrogen (secondary N) is 2. The maximum absolute atomic E-state index is 4.79. The molecule has 9 heteroatoms. The Morgan fingerprint density at radius 3 is 2.83 bits per heavy atom. The first kappa shape index (κ1) is 25.1. The molecule has 1 aliphatic rings. The van der Waals surface area contributed by atoms with Crippen LogP contribution < -0.4 is 10.6 Å². The highest BCUT2D eigenvalue weighted by atomic mass is 127. The topological polar surface area (TPSA) is 70.4 Å². The van der Waals surface area contributed by atoms with E-state index < -0.39 is 0 Å². The van der Waals surface area contributed by atoms with Crippen LogP contribution >= 0.6 is 35.3 Å². The highest BCUT2D eigenvalue weighted by Gasteiger charge is 2.24. The molecule has 1 saturated heterocycles. The normalized spacial score (nSPS) is 17.4. The molecule has 0 aliphatic carbocycles. The summed E-state index contributed by atoms with van der Waals surface area (Å²) < 4.78 is 1.99. The van der Waals surface area contributed by atoms with E-state index in [1.165, 1.54) is 30.8 Å². The van der Waals surface area contributed by atoms with Gasteiger partial charge in [0, 0.05) is 37.6 Å². The first-order valence-electron chi connectivity index (χ1n) is 10.7. The van der Waals surface area contributed by atoms with Crippen molar-refractivity contribution in [1.29, 1.82) is 0 Å². The molecule has 168 valence electrons. The second-order valence-corrected chi connectivity index (χ2v) is 9.24. The average molecular weight is 546 g/mol. The Morgan fingerprint density at radius 1 is 1.33 bits per heavy atom. The molecule has 0 aromatic carbocycles. The number of likely N-dealkylation sites (tertiary alicyclic amines) is 1. The van der Waals surface area contributed by atoms with Crippen LogP contribution in [0.4, 0.5) is 0 Å². The Bertz CT molecular complexity index is 772. The van der Waals surface area contributed by atoms with E-state index in [2.05, 4.69) is 57.1 Å². The number of hydrogen-bond acceptors (Lipinski definition) is 5.